The molecule has 0 bridgehead atoms. The molecule has 1 saturated heterocycles. The second kappa shape index (κ2) is 6.57. The van der Waals surface area contributed by atoms with Gasteiger partial charge < -0.3 is 15.4 Å². The summed E-state index contributed by atoms with van der Waals surface area (Å²) in [5.74, 6) is 0.907. The van der Waals surface area contributed by atoms with E-state index in [4.69, 9.17) is 4.74 Å². The number of carbonyl (C=O) groups excluding carboxylic acids is 1. The maximum atomic E-state index is 12.1. The maximum absolute atomic E-state index is 12.1. The van der Waals surface area contributed by atoms with Gasteiger partial charge in [0.25, 0.3) is 0 Å². The summed E-state index contributed by atoms with van der Waals surface area (Å²) in [6, 6.07) is 7.75. The standard InChI is InChI=1S/C15H22N2O2/c1-11(12-6-5-7-13(10-12)19-2)17-15(18)14-8-3-4-9-16-14/h5-7,10-11,14,16H,3-4,8-9H2,1-2H3,(H,17,18)/t11?,14-/m0/s1. The second-order valence-electron chi connectivity index (χ2n) is 5.01. The van der Waals surface area contributed by atoms with Gasteiger partial charge in [0, 0.05) is 0 Å². The van der Waals surface area contributed by atoms with Crippen LogP contribution in [0.3, 0.4) is 0 Å². The van der Waals surface area contributed by atoms with Crippen molar-refractivity contribution in [3.05, 3.63) is 29.8 Å². The minimum atomic E-state index is -0.0400. The number of piperidine rings is 1. The summed E-state index contributed by atoms with van der Waals surface area (Å²) in [6.07, 6.45) is 3.21. The van der Waals surface area contributed by atoms with Gasteiger partial charge in [0.15, 0.2) is 0 Å². The summed E-state index contributed by atoms with van der Waals surface area (Å²) in [5, 5.41) is 6.32. The van der Waals surface area contributed by atoms with Crippen molar-refractivity contribution >= 4 is 5.91 Å². The van der Waals surface area contributed by atoms with E-state index in [0.717, 1.165) is 37.1 Å². The first-order chi connectivity index (χ1) is 9.20. The number of carbonyl (C=O) groups is 1. The third-order valence-electron chi connectivity index (χ3n) is 3.58. The molecule has 104 valence electrons. The molecular formula is C15H22N2O2. The van der Waals surface area contributed by atoms with Gasteiger partial charge in [-0.05, 0) is 44.0 Å². The van der Waals surface area contributed by atoms with Gasteiger partial charge in [-0.2, -0.15) is 0 Å². The highest BCUT2D eigenvalue weighted by atomic mass is 16.5. The van der Waals surface area contributed by atoms with Gasteiger partial charge in [0.1, 0.15) is 5.75 Å². The number of hydrogen-bond acceptors (Lipinski definition) is 3. The van der Waals surface area contributed by atoms with Crippen LogP contribution in [0.1, 0.15) is 37.8 Å². The Morgan fingerprint density at radius 3 is 3.00 bits per heavy atom. The number of ether oxygens (including phenoxy) is 1. The van der Waals surface area contributed by atoms with Crippen molar-refractivity contribution in [1.82, 2.24) is 10.6 Å². The van der Waals surface area contributed by atoms with Crippen molar-refractivity contribution in [3.63, 3.8) is 0 Å². The molecule has 2 atom stereocenters. The van der Waals surface area contributed by atoms with Crippen molar-refractivity contribution in [1.29, 1.82) is 0 Å². The van der Waals surface area contributed by atoms with Crippen LogP contribution in [0.5, 0.6) is 5.75 Å². The number of hydrogen-bond donors (Lipinski definition) is 2. The Balaban J connectivity index is 1.95. The van der Waals surface area contributed by atoms with E-state index in [0.29, 0.717) is 0 Å². The predicted octanol–water partition coefficient (Wildman–Crippen LogP) is 2.01. The lowest BCUT2D eigenvalue weighted by Crippen LogP contribution is -2.47. The Morgan fingerprint density at radius 2 is 2.32 bits per heavy atom. The monoisotopic (exact) mass is 262 g/mol. The highest BCUT2D eigenvalue weighted by Crippen LogP contribution is 2.19. The summed E-state index contributed by atoms with van der Waals surface area (Å²) in [4.78, 5) is 12.1. The molecule has 1 aliphatic heterocycles. The van der Waals surface area contributed by atoms with E-state index < -0.39 is 0 Å². The van der Waals surface area contributed by atoms with Crippen molar-refractivity contribution in [2.45, 2.75) is 38.3 Å². The van der Waals surface area contributed by atoms with Gasteiger partial charge in [-0.15, -0.1) is 0 Å². The Bertz CT molecular complexity index is 428. The average molecular weight is 262 g/mol. The van der Waals surface area contributed by atoms with Crippen LogP contribution in [0, 0.1) is 0 Å². The van der Waals surface area contributed by atoms with E-state index in [2.05, 4.69) is 10.6 Å². The average Bonchev–Trinajstić information content (AvgIpc) is 2.48. The van der Waals surface area contributed by atoms with E-state index in [1.165, 1.54) is 0 Å². The van der Waals surface area contributed by atoms with Gasteiger partial charge in [-0.25, -0.2) is 0 Å². The molecule has 4 heteroatoms. The van der Waals surface area contributed by atoms with Gasteiger partial charge in [-0.1, -0.05) is 18.6 Å². The molecule has 2 N–H and O–H groups in total. The molecule has 1 amide bonds. The van der Waals surface area contributed by atoms with E-state index in [-0.39, 0.29) is 18.0 Å². The van der Waals surface area contributed by atoms with Crippen molar-refractivity contribution in [3.8, 4) is 5.75 Å². The van der Waals surface area contributed by atoms with Gasteiger partial charge in [0.05, 0.1) is 19.2 Å². The van der Waals surface area contributed by atoms with Crippen LogP contribution in [-0.2, 0) is 4.79 Å². The first-order valence-electron chi connectivity index (χ1n) is 6.88. The largest absolute Gasteiger partial charge is 0.497 e. The molecule has 1 fully saturated rings. The minimum Gasteiger partial charge on any atom is -0.497 e. The molecule has 1 heterocycles. The molecule has 2 rings (SSSR count). The maximum Gasteiger partial charge on any atom is 0.237 e. The van der Waals surface area contributed by atoms with Crippen LogP contribution >= 0.6 is 0 Å². The summed E-state index contributed by atoms with van der Waals surface area (Å²) in [5.41, 5.74) is 1.06. The van der Waals surface area contributed by atoms with Crippen LogP contribution in [-0.4, -0.2) is 25.6 Å². The predicted molar refractivity (Wildman–Crippen MR) is 75.2 cm³/mol. The Kier molecular flexibility index (Phi) is 4.80. The van der Waals surface area contributed by atoms with Crippen molar-refractivity contribution in [2.75, 3.05) is 13.7 Å². The Morgan fingerprint density at radius 1 is 1.47 bits per heavy atom. The van der Waals surface area contributed by atoms with Crippen molar-refractivity contribution < 1.29 is 9.53 Å². The lowest BCUT2D eigenvalue weighted by molar-refractivity contribution is -0.124. The fourth-order valence-electron chi connectivity index (χ4n) is 2.38. The number of benzene rings is 1. The smallest absolute Gasteiger partial charge is 0.237 e. The molecular weight excluding hydrogens is 240 g/mol. The molecule has 1 aromatic carbocycles. The molecule has 1 aliphatic rings. The van der Waals surface area contributed by atoms with Crippen LogP contribution in [0.25, 0.3) is 0 Å². The van der Waals surface area contributed by atoms with E-state index in [1.54, 1.807) is 7.11 Å². The van der Waals surface area contributed by atoms with Gasteiger partial charge in [0.2, 0.25) is 5.91 Å². The molecule has 0 aromatic heterocycles. The van der Waals surface area contributed by atoms with Gasteiger partial charge >= 0.3 is 0 Å². The van der Waals surface area contributed by atoms with Crippen molar-refractivity contribution in [2.24, 2.45) is 0 Å². The van der Waals surface area contributed by atoms with Crippen LogP contribution in [0.15, 0.2) is 24.3 Å². The number of methoxy groups -OCH3 is 1. The lowest BCUT2D eigenvalue weighted by atomic mass is 10.0. The summed E-state index contributed by atoms with van der Waals surface area (Å²) in [7, 11) is 1.65. The first-order valence-corrected chi connectivity index (χ1v) is 6.88. The fourth-order valence-corrected chi connectivity index (χ4v) is 2.38. The van der Waals surface area contributed by atoms with Crippen LogP contribution < -0.4 is 15.4 Å². The summed E-state index contributed by atoms with van der Waals surface area (Å²) < 4.78 is 5.20. The normalized spacial score (nSPS) is 20.6. The van der Waals surface area contributed by atoms with Crippen LogP contribution in [0.4, 0.5) is 0 Å². The minimum absolute atomic E-state index is 0.00803. The fraction of sp³-hybridized carbons (Fsp3) is 0.533. The number of amides is 1. The zero-order valence-electron chi connectivity index (χ0n) is 11.6. The highest BCUT2D eigenvalue weighted by molar-refractivity contribution is 5.82. The number of rotatable bonds is 4. The van der Waals surface area contributed by atoms with Gasteiger partial charge in [-0.3, -0.25) is 4.79 Å². The summed E-state index contributed by atoms with van der Waals surface area (Å²) in [6.45, 7) is 2.93. The molecule has 1 aromatic rings. The lowest BCUT2D eigenvalue weighted by Gasteiger charge is -2.24. The molecule has 0 radical (unpaired) electrons. The summed E-state index contributed by atoms with van der Waals surface area (Å²) >= 11 is 0. The molecule has 19 heavy (non-hydrogen) atoms. The van der Waals surface area contributed by atoms with E-state index in [1.807, 2.05) is 31.2 Å². The third-order valence-corrected chi connectivity index (χ3v) is 3.58. The SMILES string of the molecule is COc1cccc(C(C)NC(=O)[C@@H]2CCCCN2)c1. The first kappa shape index (κ1) is 13.9. The molecule has 0 spiro atoms. The zero-order valence-corrected chi connectivity index (χ0v) is 11.6. The molecule has 4 nitrogen and oxygen atoms in total. The van der Waals surface area contributed by atoms with E-state index >= 15 is 0 Å². The molecule has 1 unspecified atom stereocenters. The van der Waals surface area contributed by atoms with E-state index in [9.17, 15) is 4.79 Å². The number of nitrogens with one attached hydrogen (secondary N) is 2. The second-order valence-corrected chi connectivity index (χ2v) is 5.01. The molecule has 0 aliphatic carbocycles. The quantitative estimate of drug-likeness (QED) is 0.872. The zero-order chi connectivity index (χ0) is 13.7. The Hall–Kier alpha value is -1.55. The highest BCUT2D eigenvalue weighted by Gasteiger charge is 2.22. The molecule has 0 saturated carbocycles. The van der Waals surface area contributed by atoms with Crippen LogP contribution in [0.2, 0.25) is 0 Å². The topological polar surface area (TPSA) is 50.4 Å². The Labute approximate surface area is 114 Å². The third kappa shape index (κ3) is 3.70.